The van der Waals surface area contributed by atoms with Crippen LogP contribution in [0, 0.1) is 5.92 Å². The number of Topliss-reactive ketones (excluding diaryl/α,β-unsaturated/α-hetero) is 1. The van der Waals surface area contributed by atoms with Gasteiger partial charge in [0, 0.05) is 18.1 Å². The Morgan fingerprint density at radius 3 is 2.94 bits per heavy atom. The Balaban J connectivity index is 2.19. The van der Waals surface area contributed by atoms with Crippen LogP contribution in [0.15, 0.2) is 24.3 Å². The number of ketones is 1. The van der Waals surface area contributed by atoms with Gasteiger partial charge in [0.15, 0.2) is 5.78 Å². The number of hydrogen-bond donors (Lipinski definition) is 0. The number of aryl methyl sites for hydroxylation is 1. The molecule has 86 valence electrons. The van der Waals surface area contributed by atoms with Crippen molar-refractivity contribution in [3.8, 4) is 0 Å². The van der Waals surface area contributed by atoms with Crippen LogP contribution in [0.3, 0.4) is 0 Å². The molecule has 0 amide bonds. The minimum absolute atomic E-state index is 0.0708. The summed E-state index contributed by atoms with van der Waals surface area (Å²) in [6, 6.07) is 7.91. The average Bonchev–Trinajstić information content (AvgIpc) is 2.39. The number of hydrogen-bond acceptors (Lipinski definition) is 2. The Labute approximate surface area is 96.6 Å². The van der Waals surface area contributed by atoms with Gasteiger partial charge in [-0.2, -0.15) is 0 Å². The molecule has 0 aromatic heterocycles. The second-order valence-electron chi connectivity index (χ2n) is 4.29. The quantitative estimate of drug-likeness (QED) is 0.729. The van der Waals surface area contributed by atoms with E-state index in [1.54, 1.807) is 0 Å². The number of ether oxygens (including phenoxy) is 1. The zero-order valence-electron chi connectivity index (χ0n) is 9.74. The van der Waals surface area contributed by atoms with Crippen molar-refractivity contribution in [3.63, 3.8) is 0 Å². The Morgan fingerprint density at radius 2 is 2.25 bits per heavy atom. The minimum Gasteiger partial charge on any atom is -0.381 e. The molecule has 1 heterocycles. The van der Waals surface area contributed by atoms with Gasteiger partial charge in [-0.15, -0.1) is 0 Å². The molecule has 1 unspecified atom stereocenters. The maximum Gasteiger partial charge on any atom is 0.168 e. The van der Waals surface area contributed by atoms with E-state index in [4.69, 9.17) is 4.74 Å². The zero-order chi connectivity index (χ0) is 11.4. The molecular weight excluding hydrogens is 200 g/mol. The van der Waals surface area contributed by atoms with Crippen molar-refractivity contribution in [1.29, 1.82) is 0 Å². The SMILES string of the molecule is CCc1ccccc1C(=O)C1CCCOC1. The third-order valence-corrected chi connectivity index (χ3v) is 3.19. The van der Waals surface area contributed by atoms with Crippen molar-refractivity contribution < 1.29 is 9.53 Å². The molecule has 1 aromatic rings. The topological polar surface area (TPSA) is 26.3 Å². The summed E-state index contributed by atoms with van der Waals surface area (Å²) in [5, 5.41) is 0. The lowest BCUT2D eigenvalue weighted by Gasteiger charge is -2.21. The largest absolute Gasteiger partial charge is 0.381 e. The van der Waals surface area contributed by atoms with Gasteiger partial charge in [-0.3, -0.25) is 4.79 Å². The molecule has 1 atom stereocenters. The van der Waals surface area contributed by atoms with Crippen LogP contribution in [-0.2, 0) is 11.2 Å². The van der Waals surface area contributed by atoms with Crippen LogP contribution in [0.2, 0.25) is 0 Å². The smallest absolute Gasteiger partial charge is 0.168 e. The Kier molecular flexibility index (Phi) is 3.73. The van der Waals surface area contributed by atoms with E-state index in [1.807, 2.05) is 24.3 Å². The lowest BCUT2D eigenvalue weighted by molar-refractivity contribution is 0.0461. The summed E-state index contributed by atoms with van der Waals surface area (Å²) < 4.78 is 5.38. The van der Waals surface area contributed by atoms with Gasteiger partial charge in [0.25, 0.3) is 0 Å². The summed E-state index contributed by atoms with van der Waals surface area (Å²) in [5.74, 6) is 0.332. The molecule has 0 spiro atoms. The van der Waals surface area contributed by atoms with Crippen molar-refractivity contribution in [2.75, 3.05) is 13.2 Å². The third kappa shape index (κ3) is 2.33. The summed E-state index contributed by atoms with van der Waals surface area (Å²) in [6.07, 6.45) is 2.89. The highest BCUT2D eigenvalue weighted by atomic mass is 16.5. The van der Waals surface area contributed by atoms with E-state index >= 15 is 0 Å². The molecule has 1 aliphatic rings. The summed E-state index contributed by atoms with van der Waals surface area (Å²) in [6.45, 7) is 3.49. The number of carbonyl (C=O) groups excluding carboxylic acids is 1. The van der Waals surface area contributed by atoms with Gasteiger partial charge >= 0.3 is 0 Å². The zero-order valence-corrected chi connectivity index (χ0v) is 9.74. The van der Waals surface area contributed by atoms with Crippen molar-refractivity contribution in [1.82, 2.24) is 0 Å². The first-order valence-corrected chi connectivity index (χ1v) is 6.02. The average molecular weight is 218 g/mol. The number of carbonyl (C=O) groups is 1. The van der Waals surface area contributed by atoms with Gasteiger partial charge in [-0.1, -0.05) is 31.2 Å². The van der Waals surface area contributed by atoms with E-state index in [1.165, 1.54) is 0 Å². The molecule has 0 radical (unpaired) electrons. The van der Waals surface area contributed by atoms with Crippen molar-refractivity contribution in [2.45, 2.75) is 26.2 Å². The fourth-order valence-corrected chi connectivity index (χ4v) is 2.24. The van der Waals surface area contributed by atoms with E-state index < -0.39 is 0 Å². The van der Waals surface area contributed by atoms with Crippen LogP contribution in [0.5, 0.6) is 0 Å². The Bertz CT molecular complexity index is 365. The van der Waals surface area contributed by atoms with Crippen LogP contribution in [-0.4, -0.2) is 19.0 Å². The molecule has 0 aliphatic carbocycles. The highest BCUT2D eigenvalue weighted by Gasteiger charge is 2.24. The summed E-state index contributed by atoms with van der Waals surface area (Å²) in [5.41, 5.74) is 2.04. The molecule has 0 saturated carbocycles. The molecule has 1 aliphatic heterocycles. The predicted molar refractivity (Wildman–Crippen MR) is 63.7 cm³/mol. The van der Waals surface area contributed by atoms with Gasteiger partial charge in [0.1, 0.15) is 0 Å². The highest BCUT2D eigenvalue weighted by molar-refractivity contribution is 5.99. The first-order valence-electron chi connectivity index (χ1n) is 6.02. The van der Waals surface area contributed by atoms with Gasteiger partial charge in [-0.05, 0) is 24.8 Å². The third-order valence-electron chi connectivity index (χ3n) is 3.19. The standard InChI is InChI=1S/C14H18O2/c1-2-11-6-3-4-8-13(11)14(15)12-7-5-9-16-10-12/h3-4,6,8,12H,2,5,7,9-10H2,1H3. The van der Waals surface area contributed by atoms with Crippen molar-refractivity contribution in [2.24, 2.45) is 5.92 Å². The summed E-state index contributed by atoms with van der Waals surface area (Å²) >= 11 is 0. The van der Waals surface area contributed by atoms with Crippen LogP contribution in [0.4, 0.5) is 0 Å². The van der Waals surface area contributed by atoms with Crippen LogP contribution >= 0.6 is 0 Å². The molecular formula is C14H18O2. The lowest BCUT2D eigenvalue weighted by atomic mass is 9.90. The van der Waals surface area contributed by atoms with E-state index in [2.05, 4.69) is 6.92 Å². The van der Waals surface area contributed by atoms with E-state index in [-0.39, 0.29) is 11.7 Å². The monoisotopic (exact) mass is 218 g/mol. The fourth-order valence-electron chi connectivity index (χ4n) is 2.24. The lowest BCUT2D eigenvalue weighted by Crippen LogP contribution is -2.26. The van der Waals surface area contributed by atoms with Crippen LogP contribution in [0.25, 0.3) is 0 Å². The fraction of sp³-hybridized carbons (Fsp3) is 0.500. The first kappa shape index (κ1) is 11.3. The molecule has 1 fully saturated rings. The van der Waals surface area contributed by atoms with Gasteiger partial charge in [0.05, 0.1) is 6.61 Å². The molecule has 2 nitrogen and oxygen atoms in total. The highest BCUT2D eigenvalue weighted by Crippen LogP contribution is 2.21. The summed E-state index contributed by atoms with van der Waals surface area (Å²) in [4.78, 5) is 12.3. The maximum atomic E-state index is 12.3. The van der Waals surface area contributed by atoms with Gasteiger partial charge < -0.3 is 4.74 Å². The number of benzene rings is 1. The van der Waals surface area contributed by atoms with E-state index in [9.17, 15) is 4.79 Å². The van der Waals surface area contributed by atoms with Gasteiger partial charge in [0.2, 0.25) is 0 Å². The molecule has 1 aromatic carbocycles. The van der Waals surface area contributed by atoms with Crippen molar-refractivity contribution in [3.05, 3.63) is 35.4 Å². The van der Waals surface area contributed by atoms with E-state index in [0.29, 0.717) is 6.61 Å². The molecule has 2 heteroatoms. The Morgan fingerprint density at radius 1 is 1.44 bits per heavy atom. The molecule has 1 saturated heterocycles. The maximum absolute atomic E-state index is 12.3. The first-order chi connectivity index (χ1) is 7.83. The second kappa shape index (κ2) is 5.26. The summed E-state index contributed by atoms with van der Waals surface area (Å²) in [7, 11) is 0. The molecule has 2 rings (SSSR count). The second-order valence-corrected chi connectivity index (χ2v) is 4.29. The van der Waals surface area contributed by atoms with E-state index in [0.717, 1.165) is 37.0 Å². The predicted octanol–water partition coefficient (Wildman–Crippen LogP) is 2.86. The molecule has 16 heavy (non-hydrogen) atoms. The normalized spacial score (nSPS) is 20.7. The number of rotatable bonds is 3. The van der Waals surface area contributed by atoms with Crippen LogP contribution in [0.1, 0.15) is 35.7 Å². The minimum atomic E-state index is 0.0708. The molecule has 0 N–H and O–H groups in total. The van der Waals surface area contributed by atoms with Crippen molar-refractivity contribution >= 4 is 5.78 Å². The molecule has 0 bridgehead atoms. The van der Waals surface area contributed by atoms with Gasteiger partial charge in [-0.25, -0.2) is 0 Å². The van der Waals surface area contributed by atoms with Crippen LogP contribution < -0.4 is 0 Å². The Hall–Kier alpha value is -1.15.